The summed E-state index contributed by atoms with van der Waals surface area (Å²) in [7, 11) is 0. The molecule has 0 spiro atoms. The number of hydrogen-bond acceptors (Lipinski definition) is 4. The van der Waals surface area contributed by atoms with E-state index in [1.54, 1.807) is 12.1 Å². The molecular weight excluding hydrogens is 284 g/mol. The van der Waals surface area contributed by atoms with Crippen LogP contribution >= 0.6 is 0 Å². The van der Waals surface area contributed by atoms with Crippen molar-refractivity contribution in [2.75, 3.05) is 0 Å². The van der Waals surface area contributed by atoms with Gasteiger partial charge in [-0.15, -0.1) is 0 Å². The number of hydrogen-bond donors (Lipinski definition) is 2. The number of furan rings is 1. The SMILES string of the molecule is CC(NC(=O)c1ccc(CN2C(C)CCCC2C)o1)C(=O)O. The maximum atomic E-state index is 11.9. The smallest absolute Gasteiger partial charge is 0.325 e. The molecule has 2 N–H and O–H groups in total. The fraction of sp³-hybridized carbons (Fsp3) is 0.625. The van der Waals surface area contributed by atoms with Crippen LogP contribution in [0.2, 0.25) is 0 Å². The first kappa shape index (κ1) is 16.5. The lowest BCUT2D eigenvalue weighted by Gasteiger charge is -2.38. The lowest BCUT2D eigenvalue weighted by atomic mass is 9.97. The summed E-state index contributed by atoms with van der Waals surface area (Å²) in [6.07, 6.45) is 3.60. The third-order valence-corrected chi connectivity index (χ3v) is 4.32. The highest BCUT2D eigenvalue weighted by Crippen LogP contribution is 2.25. The van der Waals surface area contributed by atoms with Gasteiger partial charge in [-0.2, -0.15) is 0 Å². The van der Waals surface area contributed by atoms with E-state index in [1.807, 2.05) is 0 Å². The molecule has 1 aliphatic rings. The van der Waals surface area contributed by atoms with Gasteiger partial charge in [0.15, 0.2) is 5.76 Å². The van der Waals surface area contributed by atoms with Crippen molar-refractivity contribution in [3.05, 3.63) is 23.7 Å². The van der Waals surface area contributed by atoms with E-state index in [2.05, 4.69) is 24.1 Å². The third-order valence-electron chi connectivity index (χ3n) is 4.32. The van der Waals surface area contributed by atoms with Crippen molar-refractivity contribution >= 4 is 11.9 Å². The highest BCUT2D eigenvalue weighted by atomic mass is 16.4. The van der Waals surface area contributed by atoms with Crippen LogP contribution in [0.1, 0.15) is 56.3 Å². The van der Waals surface area contributed by atoms with E-state index in [1.165, 1.54) is 26.2 Å². The molecular formula is C16H24N2O4. The minimum absolute atomic E-state index is 0.153. The molecule has 1 fully saturated rings. The van der Waals surface area contributed by atoms with Crippen molar-refractivity contribution in [3.63, 3.8) is 0 Å². The molecule has 0 aromatic carbocycles. The second kappa shape index (κ2) is 6.96. The van der Waals surface area contributed by atoms with E-state index in [4.69, 9.17) is 9.52 Å². The van der Waals surface area contributed by atoms with Crippen molar-refractivity contribution in [1.29, 1.82) is 0 Å². The molecule has 0 saturated carbocycles. The van der Waals surface area contributed by atoms with Gasteiger partial charge in [-0.3, -0.25) is 14.5 Å². The van der Waals surface area contributed by atoms with Crippen LogP contribution < -0.4 is 5.32 Å². The molecule has 3 atom stereocenters. The lowest BCUT2D eigenvalue weighted by Crippen LogP contribution is -2.42. The van der Waals surface area contributed by atoms with Gasteiger partial charge in [0.25, 0.3) is 5.91 Å². The largest absolute Gasteiger partial charge is 0.480 e. The number of aliphatic carboxylic acids is 1. The Kier molecular flexibility index (Phi) is 5.24. The number of carboxylic acid groups (broad SMARTS) is 1. The van der Waals surface area contributed by atoms with E-state index in [-0.39, 0.29) is 5.76 Å². The predicted octanol–water partition coefficient (Wildman–Crippen LogP) is 2.25. The van der Waals surface area contributed by atoms with Crippen LogP contribution in [-0.2, 0) is 11.3 Å². The molecule has 6 nitrogen and oxygen atoms in total. The zero-order chi connectivity index (χ0) is 16.3. The van der Waals surface area contributed by atoms with Gasteiger partial charge in [-0.25, -0.2) is 0 Å². The summed E-state index contributed by atoms with van der Waals surface area (Å²) in [5.74, 6) is -0.689. The summed E-state index contributed by atoms with van der Waals surface area (Å²) in [6, 6.07) is 3.44. The first-order chi connectivity index (χ1) is 10.4. The number of rotatable bonds is 5. The summed E-state index contributed by atoms with van der Waals surface area (Å²) in [5.41, 5.74) is 0. The summed E-state index contributed by atoms with van der Waals surface area (Å²) in [4.78, 5) is 25.0. The highest BCUT2D eigenvalue weighted by molar-refractivity contribution is 5.94. The molecule has 1 aromatic heterocycles. The van der Waals surface area contributed by atoms with Gasteiger partial charge in [0.1, 0.15) is 11.8 Å². The first-order valence-electron chi connectivity index (χ1n) is 7.76. The van der Waals surface area contributed by atoms with Gasteiger partial charge in [0.2, 0.25) is 0 Å². The second-order valence-corrected chi connectivity index (χ2v) is 6.10. The van der Waals surface area contributed by atoms with Gasteiger partial charge in [0.05, 0.1) is 6.54 Å². The number of nitrogens with zero attached hydrogens (tertiary/aromatic N) is 1. The summed E-state index contributed by atoms with van der Waals surface area (Å²) < 4.78 is 5.58. The third kappa shape index (κ3) is 3.88. The van der Waals surface area contributed by atoms with Crippen molar-refractivity contribution in [1.82, 2.24) is 10.2 Å². The summed E-state index contributed by atoms with van der Waals surface area (Å²) >= 11 is 0. The maximum absolute atomic E-state index is 11.9. The van der Waals surface area contributed by atoms with Crippen LogP contribution in [0.5, 0.6) is 0 Å². The zero-order valence-electron chi connectivity index (χ0n) is 13.3. The number of carbonyl (C=O) groups excluding carboxylic acids is 1. The van der Waals surface area contributed by atoms with Crippen LogP contribution in [0.3, 0.4) is 0 Å². The molecule has 22 heavy (non-hydrogen) atoms. The fourth-order valence-electron chi connectivity index (χ4n) is 2.88. The molecule has 3 unspecified atom stereocenters. The van der Waals surface area contributed by atoms with Crippen LogP contribution in [0.4, 0.5) is 0 Å². The van der Waals surface area contributed by atoms with Gasteiger partial charge in [-0.1, -0.05) is 6.42 Å². The minimum Gasteiger partial charge on any atom is -0.480 e. The molecule has 122 valence electrons. The van der Waals surface area contributed by atoms with E-state index in [9.17, 15) is 9.59 Å². The molecule has 6 heteroatoms. The fourth-order valence-corrected chi connectivity index (χ4v) is 2.88. The first-order valence-corrected chi connectivity index (χ1v) is 7.76. The number of carbonyl (C=O) groups is 2. The van der Waals surface area contributed by atoms with E-state index >= 15 is 0 Å². The normalized spacial score (nSPS) is 24.0. The van der Waals surface area contributed by atoms with Gasteiger partial charge in [-0.05, 0) is 45.7 Å². The zero-order valence-corrected chi connectivity index (χ0v) is 13.3. The van der Waals surface area contributed by atoms with E-state index in [0.29, 0.717) is 18.6 Å². The average Bonchev–Trinajstić information content (AvgIpc) is 2.91. The Labute approximate surface area is 130 Å². The van der Waals surface area contributed by atoms with Crippen LogP contribution in [-0.4, -0.2) is 40.0 Å². The molecule has 1 aliphatic heterocycles. The second-order valence-electron chi connectivity index (χ2n) is 6.10. The Hall–Kier alpha value is -1.82. The Morgan fingerprint density at radius 2 is 2.00 bits per heavy atom. The van der Waals surface area contributed by atoms with Gasteiger partial charge >= 0.3 is 5.97 Å². The Morgan fingerprint density at radius 3 is 2.59 bits per heavy atom. The lowest BCUT2D eigenvalue weighted by molar-refractivity contribution is -0.138. The quantitative estimate of drug-likeness (QED) is 0.871. The van der Waals surface area contributed by atoms with Crippen molar-refractivity contribution in [2.45, 2.75) is 64.7 Å². The maximum Gasteiger partial charge on any atom is 0.325 e. The van der Waals surface area contributed by atoms with Crippen LogP contribution in [0.15, 0.2) is 16.5 Å². The molecule has 2 heterocycles. The Balaban J connectivity index is 1.99. The van der Waals surface area contributed by atoms with Crippen LogP contribution in [0, 0.1) is 0 Å². The number of likely N-dealkylation sites (tertiary alicyclic amines) is 1. The number of carboxylic acids is 1. The Morgan fingerprint density at radius 1 is 1.36 bits per heavy atom. The molecule has 1 amide bonds. The highest BCUT2D eigenvalue weighted by Gasteiger charge is 2.26. The van der Waals surface area contributed by atoms with Crippen molar-refractivity contribution < 1.29 is 19.1 Å². The summed E-state index contributed by atoms with van der Waals surface area (Å²) in [5, 5.41) is 11.2. The number of piperidine rings is 1. The monoisotopic (exact) mass is 308 g/mol. The standard InChI is InChI=1S/C16H24N2O4/c1-10-5-4-6-11(2)18(10)9-13-7-8-14(22-13)15(19)17-12(3)16(20)21/h7-8,10-12H,4-6,9H2,1-3H3,(H,17,19)(H,20,21). The molecule has 1 aromatic rings. The van der Waals surface area contributed by atoms with Crippen molar-refractivity contribution in [2.24, 2.45) is 0 Å². The molecule has 0 radical (unpaired) electrons. The Bertz CT molecular complexity index is 530. The molecule has 2 rings (SSSR count). The van der Waals surface area contributed by atoms with Gasteiger partial charge in [0, 0.05) is 12.1 Å². The van der Waals surface area contributed by atoms with E-state index in [0.717, 1.165) is 5.76 Å². The minimum atomic E-state index is -1.07. The number of amides is 1. The topological polar surface area (TPSA) is 82.8 Å². The van der Waals surface area contributed by atoms with E-state index < -0.39 is 17.9 Å². The van der Waals surface area contributed by atoms with Gasteiger partial charge < -0.3 is 14.8 Å². The predicted molar refractivity (Wildman–Crippen MR) is 81.6 cm³/mol. The number of nitrogens with one attached hydrogen (secondary N) is 1. The molecule has 1 saturated heterocycles. The summed E-state index contributed by atoms with van der Waals surface area (Å²) in [6.45, 7) is 6.51. The average molecular weight is 308 g/mol. The molecule has 0 bridgehead atoms. The van der Waals surface area contributed by atoms with Crippen molar-refractivity contribution in [3.8, 4) is 0 Å². The van der Waals surface area contributed by atoms with Crippen LogP contribution in [0.25, 0.3) is 0 Å². The molecule has 0 aliphatic carbocycles.